The fourth-order valence-electron chi connectivity index (χ4n) is 4.67. The maximum atomic E-state index is 13.5. The fraction of sp³-hybridized carbons (Fsp3) is 0.231. The van der Waals surface area contributed by atoms with E-state index in [-0.39, 0.29) is 17.9 Å². The molecule has 2 aliphatic rings. The van der Waals surface area contributed by atoms with Crippen LogP contribution in [0.3, 0.4) is 0 Å². The molecule has 3 atom stereocenters. The number of carbonyl (C=O) groups excluding carboxylic acids is 2. The van der Waals surface area contributed by atoms with Gasteiger partial charge in [-0.1, -0.05) is 72.8 Å². The van der Waals surface area contributed by atoms with Crippen molar-refractivity contribution in [2.75, 3.05) is 7.11 Å². The van der Waals surface area contributed by atoms with Gasteiger partial charge in [-0.15, -0.1) is 0 Å². The average molecular weight is 428 g/mol. The van der Waals surface area contributed by atoms with Gasteiger partial charge in [0.2, 0.25) is 11.8 Å². The zero-order valence-corrected chi connectivity index (χ0v) is 17.8. The maximum Gasteiger partial charge on any atom is 0.249 e. The molecule has 6 nitrogen and oxygen atoms in total. The lowest BCUT2D eigenvalue weighted by molar-refractivity contribution is -0.142. The molecule has 6 heteroatoms. The summed E-state index contributed by atoms with van der Waals surface area (Å²) in [5.41, 5.74) is 6.44. The van der Waals surface area contributed by atoms with Crippen molar-refractivity contribution in [3.05, 3.63) is 102 Å². The number of nitrogens with zero attached hydrogens (tertiary/aromatic N) is 2. The first-order chi connectivity index (χ1) is 15.7. The first-order valence-electron chi connectivity index (χ1n) is 10.8. The molecule has 2 saturated heterocycles. The molecule has 3 aromatic rings. The molecule has 0 aromatic heterocycles. The number of rotatable bonds is 6. The Hall–Kier alpha value is -3.48. The standard InChI is InChI=1S/C26H25N3O3/c1-32-21-14-12-20(13-15-21)23-22-24(29(27-23)17-19-10-6-3-7-11-19)26(31)28(25(22)30)16-18-8-4-2-5-9-18/h2-15,22-24,27H,16-17H2,1H3/t22-,23+,24-/m1/s1. The largest absolute Gasteiger partial charge is 0.497 e. The van der Waals surface area contributed by atoms with Gasteiger partial charge in [-0.2, -0.15) is 0 Å². The van der Waals surface area contributed by atoms with E-state index in [1.54, 1.807) is 7.11 Å². The van der Waals surface area contributed by atoms with E-state index in [1.807, 2.05) is 89.9 Å². The summed E-state index contributed by atoms with van der Waals surface area (Å²) in [5.74, 6) is -0.0108. The molecule has 2 heterocycles. The second kappa shape index (κ2) is 8.57. The molecular weight excluding hydrogens is 402 g/mol. The highest BCUT2D eigenvalue weighted by molar-refractivity contribution is 6.07. The third kappa shape index (κ3) is 3.68. The lowest BCUT2D eigenvalue weighted by atomic mass is 9.91. The summed E-state index contributed by atoms with van der Waals surface area (Å²) in [6.45, 7) is 0.826. The van der Waals surface area contributed by atoms with Crippen LogP contribution in [-0.2, 0) is 22.7 Å². The van der Waals surface area contributed by atoms with E-state index >= 15 is 0 Å². The summed E-state index contributed by atoms with van der Waals surface area (Å²) in [7, 11) is 1.63. The van der Waals surface area contributed by atoms with Gasteiger partial charge in [0, 0.05) is 6.54 Å². The molecular formula is C26H25N3O3. The Kier molecular flexibility index (Phi) is 5.47. The van der Waals surface area contributed by atoms with Crippen LogP contribution in [0.5, 0.6) is 5.75 Å². The van der Waals surface area contributed by atoms with Gasteiger partial charge in [-0.25, -0.2) is 10.4 Å². The molecule has 5 rings (SSSR count). The van der Waals surface area contributed by atoms with Gasteiger partial charge in [0.05, 0.1) is 25.6 Å². The van der Waals surface area contributed by atoms with Gasteiger partial charge in [0.25, 0.3) is 0 Å². The molecule has 1 N–H and O–H groups in total. The molecule has 0 aliphatic carbocycles. The third-order valence-electron chi connectivity index (χ3n) is 6.26. The molecule has 162 valence electrons. The van der Waals surface area contributed by atoms with Crippen molar-refractivity contribution in [2.45, 2.75) is 25.2 Å². The van der Waals surface area contributed by atoms with Crippen LogP contribution in [0.2, 0.25) is 0 Å². The predicted octanol–water partition coefficient (Wildman–Crippen LogP) is 3.31. The molecule has 0 unspecified atom stereocenters. The minimum absolute atomic E-state index is 0.132. The first-order valence-corrected chi connectivity index (χ1v) is 10.8. The highest BCUT2D eigenvalue weighted by atomic mass is 16.5. The first kappa shape index (κ1) is 20.4. The molecule has 3 aromatic carbocycles. The van der Waals surface area contributed by atoms with E-state index in [2.05, 4.69) is 5.43 Å². The summed E-state index contributed by atoms with van der Waals surface area (Å²) in [5, 5.41) is 1.93. The molecule has 0 spiro atoms. The Morgan fingerprint density at radius 2 is 1.38 bits per heavy atom. The third-order valence-corrected chi connectivity index (χ3v) is 6.26. The molecule has 0 saturated carbocycles. The zero-order chi connectivity index (χ0) is 22.1. The highest BCUT2D eigenvalue weighted by Crippen LogP contribution is 2.41. The van der Waals surface area contributed by atoms with Crippen LogP contribution >= 0.6 is 0 Å². The lowest BCUT2D eigenvalue weighted by Crippen LogP contribution is -2.44. The molecule has 2 fully saturated rings. The van der Waals surface area contributed by atoms with Gasteiger partial charge in [-0.05, 0) is 28.8 Å². The molecule has 0 bridgehead atoms. The van der Waals surface area contributed by atoms with Gasteiger partial charge < -0.3 is 4.74 Å². The van der Waals surface area contributed by atoms with E-state index in [9.17, 15) is 9.59 Å². The lowest BCUT2D eigenvalue weighted by Gasteiger charge is -2.25. The van der Waals surface area contributed by atoms with Crippen molar-refractivity contribution in [1.29, 1.82) is 0 Å². The van der Waals surface area contributed by atoms with E-state index in [0.29, 0.717) is 13.1 Å². The Labute approximate surface area is 187 Å². The van der Waals surface area contributed by atoms with Gasteiger partial charge >= 0.3 is 0 Å². The van der Waals surface area contributed by atoms with Crippen LogP contribution in [0.4, 0.5) is 0 Å². The van der Waals surface area contributed by atoms with Crippen molar-refractivity contribution in [2.24, 2.45) is 5.92 Å². The van der Waals surface area contributed by atoms with Gasteiger partial charge in [0.1, 0.15) is 11.8 Å². The number of hydrogen-bond donors (Lipinski definition) is 1. The van der Waals surface area contributed by atoms with Gasteiger partial charge in [-0.3, -0.25) is 14.5 Å². The van der Waals surface area contributed by atoms with Crippen molar-refractivity contribution in [3.8, 4) is 5.75 Å². The summed E-state index contributed by atoms with van der Waals surface area (Å²) in [6, 6.07) is 26.5. The normalized spacial score (nSPS) is 22.9. The number of hydrogen-bond acceptors (Lipinski definition) is 5. The topological polar surface area (TPSA) is 61.9 Å². The van der Waals surface area contributed by atoms with Crippen molar-refractivity contribution in [1.82, 2.24) is 15.3 Å². The molecule has 2 aliphatic heterocycles. The number of methoxy groups -OCH3 is 1. The number of amides is 2. The predicted molar refractivity (Wildman–Crippen MR) is 120 cm³/mol. The Morgan fingerprint density at radius 3 is 1.97 bits per heavy atom. The minimum Gasteiger partial charge on any atom is -0.497 e. The highest BCUT2D eigenvalue weighted by Gasteiger charge is 2.58. The van der Waals surface area contributed by atoms with E-state index in [1.165, 1.54) is 4.90 Å². The zero-order valence-electron chi connectivity index (χ0n) is 17.8. The maximum absolute atomic E-state index is 13.5. The average Bonchev–Trinajstić information content (AvgIpc) is 3.32. The van der Waals surface area contributed by atoms with Crippen molar-refractivity contribution >= 4 is 11.8 Å². The van der Waals surface area contributed by atoms with Gasteiger partial charge in [0.15, 0.2) is 0 Å². The number of fused-ring (bicyclic) bond motifs is 1. The SMILES string of the molecule is COc1ccc([C@@H]2NN(Cc3ccccc3)[C@H]3C(=O)N(Cc4ccccc4)C(=O)[C@H]23)cc1. The Bertz CT molecular complexity index is 1100. The van der Waals surface area contributed by atoms with Crippen LogP contribution in [0.15, 0.2) is 84.9 Å². The van der Waals surface area contributed by atoms with Crippen LogP contribution < -0.4 is 10.2 Å². The minimum atomic E-state index is -0.543. The number of ether oxygens (including phenoxy) is 1. The second-order valence-corrected chi connectivity index (χ2v) is 8.21. The monoisotopic (exact) mass is 427 g/mol. The summed E-state index contributed by atoms with van der Waals surface area (Å²) < 4.78 is 5.28. The van der Waals surface area contributed by atoms with Crippen LogP contribution in [0.1, 0.15) is 22.7 Å². The van der Waals surface area contributed by atoms with E-state index < -0.39 is 12.0 Å². The smallest absolute Gasteiger partial charge is 0.249 e. The number of hydrazine groups is 1. The quantitative estimate of drug-likeness (QED) is 0.612. The van der Waals surface area contributed by atoms with E-state index in [4.69, 9.17) is 4.74 Å². The number of imide groups is 1. The number of carbonyl (C=O) groups is 2. The summed E-state index contributed by atoms with van der Waals surface area (Å²) in [4.78, 5) is 28.4. The Morgan fingerprint density at radius 1 is 0.781 bits per heavy atom. The number of likely N-dealkylation sites (tertiary alicyclic amines) is 1. The van der Waals surface area contributed by atoms with Crippen LogP contribution in [0.25, 0.3) is 0 Å². The second-order valence-electron chi connectivity index (χ2n) is 8.21. The Balaban J connectivity index is 1.48. The summed E-state index contributed by atoms with van der Waals surface area (Å²) in [6.07, 6.45) is 0. The molecule has 2 amide bonds. The molecule has 0 radical (unpaired) electrons. The number of nitrogens with one attached hydrogen (secondary N) is 1. The summed E-state index contributed by atoms with van der Waals surface area (Å²) >= 11 is 0. The number of benzene rings is 3. The fourth-order valence-corrected chi connectivity index (χ4v) is 4.67. The van der Waals surface area contributed by atoms with Crippen molar-refractivity contribution in [3.63, 3.8) is 0 Å². The molecule has 32 heavy (non-hydrogen) atoms. The van der Waals surface area contributed by atoms with Crippen LogP contribution in [-0.4, -0.2) is 34.9 Å². The van der Waals surface area contributed by atoms with E-state index in [0.717, 1.165) is 22.4 Å². The van der Waals surface area contributed by atoms with Crippen LogP contribution in [0, 0.1) is 5.92 Å². The van der Waals surface area contributed by atoms with Crippen molar-refractivity contribution < 1.29 is 14.3 Å².